The smallest absolute Gasteiger partial charge is 0.132 e. The second-order valence-electron chi connectivity index (χ2n) is 11.5. The number of aliphatic hydroxyl groups excluding tert-OH is 1. The third kappa shape index (κ3) is 10.4. The van der Waals surface area contributed by atoms with E-state index in [0.29, 0.717) is 28.7 Å². The molecule has 232 valence electrons. The molecule has 4 aromatic carbocycles. The van der Waals surface area contributed by atoms with Gasteiger partial charge in [0.2, 0.25) is 0 Å². The maximum Gasteiger partial charge on any atom is 0.132 e. The number of halogens is 2. The quantitative estimate of drug-likeness (QED) is 0.111. The zero-order valence-electron chi connectivity index (χ0n) is 25.4. The maximum atomic E-state index is 12.7. The second-order valence-corrected chi connectivity index (χ2v) is 12.4. The van der Waals surface area contributed by atoms with Crippen LogP contribution in [0.25, 0.3) is 0 Å². The Labute approximate surface area is 272 Å². The van der Waals surface area contributed by atoms with Crippen molar-refractivity contribution < 1.29 is 19.4 Å². The molecule has 0 spiro atoms. The number of ketones is 1. The molecule has 4 rings (SSSR count). The predicted molar refractivity (Wildman–Crippen MR) is 181 cm³/mol. The average Bonchev–Trinajstić information content (AvgIpc) is 3.03. The standard InChI is InChI=1S/C38H42Cl2O4/c1-38(27-8-10-33(42)9-6-4-2-3-5-7-28-41,29-11-19-34(20-12-29)43-36-23-15-31(39)16-24-36)30-13-21-35(22-14-30)44-37-25-17-32(40)18-26-37/h11-26,41H,2-10,27-28H2,1H3. The Balaban J connectivity index is 1.43. The molecule has 0 fully saturated rings. The van der Waals surface area contributed by atoms with Gasteiger partial charge in [-0.05, 0) is 110 Å². The lowest BCUT2D eigenvalue weighted by atomic mass is 9.72. The van der Waals surface area contributed by atoms with Crippen LogP contribution in [0.3, 0.4) is 0 Å². The van der Waals surface area contributed by atoms with Crippen molar-refractivity contribution in [1.82, 2.24) is 0 Å². The van der Waals surface area contributed by atoms with E-state index < -0.39 is 0 Å². The van der Waals surface area contributed by atoms with Gasteiger partial charge >= 0.3 is 0 Å². The lowest BCUT2D eigenvalue weighted by Crippen LogP contribution is -2.24. The van der Waals surface area contributed by atoms with Crippen molar-refractivity contribution in [3.05, 3.63) is 118 Å². The van der Waals surface area contributed by atoms with Gasteiger partial charge in [0, 0.05) is 34.9 Å². The zero-order valence-corrected chi connectivity index (χ0v) is 27.0. The largest absolute Gasteiger partial charge is 0.457 e. The van der Waals surface area contributed by atoms with Crippen LogP contribution >= 0.6 is 23.2 Å². The van der Waals surface area contributed by atoms with Crippen LogP contribution in [0.2, 0.25) is 10.0 Å². The van der Waals surface area contributed by atoms with Crippen molar-refractivity contribution in [2.24, 2.45) is 0 Å². The summed E-state index contributed by atoms with van der Waals surface area (Å²) in [5, 5.41) is 10.2. The van der Waals surface area contributed by atoms with Crippen LogP contribution in [0.5, 0.6) is 23.0 Å². The van der Waals surface area contributed by atoms with E-state index >= 15 is 0 Å². The van der Waals surface area contributed by atoms with Crippen LogP contribution in [0.15, 0.2) is 97.1 Å². The van der Waals surface area contributed by atoms with E-state index in [1.807, 2.05) is 72.8 Å². The van der Waals surface area contributed by atoms with Crippen molar-refractivity contribution in [3.63, 3.8) is 0 Å². The average molecular weight is 634 g/mol. The fraction of sp³-hybridized carbons (Fsp3) is 0.342. The van der Waals surface area contributed by atoms with Crippen LogP contribution < -0.4 is 9.47 Å². The van der Waals surface area contributed by atoms with E-state index in [0.717, 1.165) is 85.5 Å². The molecule has 4 nitrogen and oxygen atoms in total. The molecule has 6 heteroatoms. The number of ether oxygens (including phenoxy) is 2. The number of Topliss-reactive ketones (excluding diaryl/α,β-unsaturated/α-hetero) is 1. The molecule has 0 amide bonds. The second kappa shape index (κ2) is 17.2. The normalized spacial score (nSPS) is 11.4. The van der Waals surface area contributed by atoms with Gasteiger partial charge in [0.1, 0.15) is 28.8 Å². The third-order valence-electron chi connectivity index (χ3n) is 8.08. The van der Waals surface area contributed by atoms with Crippen LogP contribution in [0.1, 0.15) is 82.3 Å². The Kier molecular flexibility index (Phi) is 13.2. The third-order valence-corrected chi connectivity index (χ3v) is 8.58. The molecule has 0 bridgehead atoms. The lowest BCUT2D eigenvalue weighted by Gasteiger charge is -2.31. The summed E-state index contributed by atoms with van der Waals surface area (Å²) in [6.45, 7) is 2.51. The van der Waals surface area contributed by atoms with Gasteiger partial charge in [-0.15, -0.1) is 0 Å². The van der Waals surface area contributed by atoms with Crippen molar-refractivity contribution in [1.29, 1.82) is 0 Å². The molecule has 0 aromatic heterocycles. The lowest BCUT2D eigenvalue weighted by molar-refractivity contribution is -0.119. The monoisotopic (exact) mass is 632 g/mol. The van der Waals surface area contributed by atoms with Gasteiger partial charge in [0.05, 0.1) is 0 Å². The zero-order chi connectivity index (χ0) is 31.2. The molecule has 0 saturated heterocycles. The van der Waals surface area contributed by atoms with E-state index in [2.05, 4.69) is 31.2 Å². The van der Waals surface area contributed by atoms with Crippen molar-refractivity contribution in [2.45, 2.75) is 76.5 Å². The highest BCUT2D eigenvalue weighted by Gasteiger charge is 2.29. The molecule has 0 saturated carbocycles. The summed E-state index contributed by atoms with van der Waals surface area (Å²) in [7, 11) is 0. The SMILES string of the molecule is CC(CCCC(=O)CCCCCCCCO)(c1ccc(Oc2ccc(Cl)cc2)cc1)c1ccc(Oc2ccc(Cl)cc2)cc1. The molecule has 0 atom stereocenters. The molecule has 0 unspecified atom stereocenters. The van der Waals surface area contributed by atoms with Gasteiger partial charge in [-0.2, -0.15) is 0 Å². The Morgan fingerprint density at radius 3 is 1.36 bits per heavy atom. The molecule has 0 aliphatic rings. The molecule has 44 heavy (non-hydrogen) atoms. The summed E-state index contributed by atoms with van der Waals surface area (Å²) in [6, 6.07) is 31.1. The van der Waals surface area contributed by atoms with E-state index in [1.54, 1.807) is 0 Å². The van der Waals surface area contributed by atoms with Crippen LogP contribution in [0, 0.1) is 0 Å². The Hall–Kier alpha value is -3.31. The van der Waals surface area contributed by atoms with Crippen LogP contribution in [-0.2, 0) is 10.2 Å². The Bertz CT molecular complexity index is 1330. The predicted octanol–water partition coefficient (Wildman–Crippen LogP) is 11.3. The van der Waals surface area contributed by atoms with Gasteiger partial charge in [-0.3, -0.25) is 4.79 Å². The fourth-order valence-electron chi connectivity index (χ4n) is 5.42. The van der Waals surface area contributed by atoms with Crippen molar-refractivity contribution >= 4 is 29.0 Å². The van der Waals surface area contributed by atoms with Gasteiger partial charge in [-0.1, -0.05) is 80.1 Å². The number of hydrogen-bond acceptors (Lipinski definition) is 4. The first kappa shape index (κ1) is 33.6. The number of hydrogen-bond donors (Lipinski definition) is 1. The highest BCUT2D eigenvalue weighted by atomic mass is 35.5. The summed E-state index contributed by atoms with van der Waals surface area (Å²) in [5.74, 6) is 3.28. The topological polar surface area (TPSA) is 55.8 Å². The molecule has 4 aromatic rings. The van der Waals surface area contributed by atoms with Gasteiger partial charge in [-0.25, -0.2) is 0 Å². The number of carbonyl (C=O) groups excluding carboxylic acids is 1. The number of benzene rings is 4. The molecule has 1 N–H and O–H groups in total. The van der Waals surface area contributed by atoms with Crippen LogP contribution in [0.4, 0.5) is 0 Å². The number of rotatable bonds is 18. The molecule has 0 heterocycles. The summed E-state index contributed by atoms with van der Waals surface area (Å²) < 4.78 is 12.1. The minimum absolute atomic E-state index is 0.264. The van der Waals surface area contributed by atoms with E-state index in [4.69, 9.17) is 37.8 Å². The van der Waals surface area contributed by atoms with E-state index in [1.165, 1.54) is 0 Å². The van der Waals surface area contributed by atoms with E-state index in [9.17, 15) is 4.79 Å². The summed E-state index contributed by atoms with van der Waals surface area (Å²) in [5.41, 5.74) is 2.00. The molecular formula is C38H42Cl2O4. The highest BCUT2D eigenvalue weighted by molar-refractivity contribution is 6.30. The first-order valence-corrected chi connectivity index (χ1v) is 16.3. The van der Waals surface area contributed by atoms with E-state index in [-0.39, 0.29) is 12.0 Å². The van der Waals surface area contributed by atoms with Crippen molar-refractivity contribution in [3.8, 4) is 23.0 Å². The first-order valence-electron chi connectivity index (χ1n) is 15.6. The summed E-state index contributed by atoms with van der Waals surface area (Å²) >= 11 is 12.0. The molecule has 0 aliphatic heterocycles. The van der Waals surface area contributed by atoms with Gasteiger partial charge in [0.25, 0.3) is 0 Å². The summed E-state index contributed by atoms with van der Waals surface area (Å²) in [6.07, 6.45) is 9.05. The molecule has 0 aliphatic carbocycles. The maximum absolute atomic E-state index is 12.7. The number of unbranched alkanes of at least 4 members (excludes halogenated alkanes) is 5. The minimum Gasteiger partial charge on any atom is -0.457 e. The van der Waals surface area contributed by atoms with Crippen molar-refractivity contribution in [2.75, 3.05) is 6.61 Å². The fourth-order valence-corrected chi connectivity index (χ4v) is 5.67. The minimum atomic E-state index is -0.315. The first-order chi connectivity index (χ1) is 21.4. The van der Waals surface area contributed by atoms with Gasteiger partial charge < -0.3 is 14.6 Å². The number of aliphatic hydroxyl groups is 1. The number of carbonyl (C=O) groups is 1. The van der Waals surface area contributed by atoms with Crippen LogP contribution in [-0.4, -0.2) is 17.5 Å². The highest BCUT2D eigenvalue weighted by Crippen LogP contribution is 2.39. The Morgan fingerprint density at radius 1 is 0.568 bits per heavy atom. The molecule has 0 radical (unpaired) electrons. The van der Waals surface area contributed by atoms with Gasteiger partial charge in [0.15, 0.2) is 0 Å². The Morgan fingerprint density at radius 2 is 0.932 bits per heavy atom. The summed E-state index contributed by atoms with van der Waals surface area (Å²) in [4.78, 5) is 12.7. The molecular weight excluding hydrogens is 591 g/mol.